The van der Waals surface area contributed by atoms with E-state index in [1.807, 2.05) is 0 Å². The van der Waals surface area contributed by atoms with E-state index < -0.39 is 12.1 Å². The van der Waals surface area contributed by atoms with Crippen molar-refractivity contribution in [1.29, 1.82) is 0 Å². The summed E-state index contributed by atoms with van der Waals surface area (Å²) in [6.45, 7) is -0.216. The minimum atomic E-state index is -4.83. The van der Waals surface area contributed by atoms with Gasteiger partial charge in [0.1, 0.15) is 23.9 Å². The van der Waals surface area contributed by atoms with Crippen molar-refractivity contribution in [2.45, 2.75) is 13.0 Å². The average Bonchev–Trinajstić information content (AvgIpc) is 2.60. The van der Waals surface area contributed by atoms with Crippen LogP contribution in [0.15, 0.2) is 40.9 Å². The van der Waals surface area contributed by atoms with E-state index in [-0.39, 0.29) is 17.9 Å². The molecule has 0 spiro atoms. The molecule has 0 fully saturated rings. The Morgan fingerprint density at radius 1 is 1.17 bits per heavy atom. The number of benzene rings is 2. The number of rotatable bonds is 6. The molecule has 0 aromatic heterocycles. The number of hydrogen-bond acceptors (Lipinski definition) is 7. The summed E-state index contributed by atoms with van der Waals surface area (Å²) in [7, 11) is 2.96. The molecular formula is C17H20BrF3N4O4. The minimum Gasteiger partial charge on any atom is -0.508 e. The van der Waals surface area contributed by atoms with Crippen LogP contribution in [0, 0.1) is 0 Å². The SMILES string of the molecule is CN(N)C=O.CN(N)c1cccc(OC(F)(F)F)c1COc1ccc(O)cc1Br. The van der Waals surface area contributed by atoms with Crippen LogP contribution in [0.5, 0.6) is 17.2 Å². The topological polar surface area (TPSA) is 114 Å². The highest BCUT2D eigenvalue weighted by Crippen LogP contribution is 2.35. The molecule has 0 aliphatic carbocycles. The number of phenols is 1. The highest BCUT2D eigenvalue weighted by atomic mass is 79.9. The number of anilines is 1. The predicted octanol–water partition coefficient (Wildman–Crippen LogP) is 2.89. The second-order valence-corrected chi connectivity index (χ2v) is 6.44. The molecule has 0 heterocycles. The van der Waals surface area contributed by atoms with E-state index in [0.717, 1.165) is 5.01 Å². The third-order valence-electron chi connectivity index (χ3n) is 3.17. The van der Waals surface area contributed by atoms with E-state index in [2.05, 4.69) is 20.7 Å². The Bertz CT molecular complexity index is 820. The molecular weight excluding hydrogens is 461 g/mol. The number of halogens is 4. The van der Waals surface area contributed by atoms with Crippen molar-refractivity contribution in [2.24, 2.45) is 11.7 Å². The summed E-state index contributed by atoms with van der Waals surface area (Å²) < 4.78 is 47.8. The van der Waals surface area contributed by atoms with Crippen LogP contribution in [-0.4, -0.2) is 37.0 Å². The molecule has 1 amide bonds. The molecule has 2 aromatic carbocycles. The summed E-state index contributed by atoms with van der Waals surface area (Å²) in [5.74, 6) is 10.4. The van der Waals surface area contributed by atoms with Gasteiger partial charge in [-0.25, -0.2) is 11.7 Å². The van der Waals surface area contributed by atoms with E-state index in [4.69, 9.17) is 16.4 Å². The second-order valence-electron chi connectivity index (χ2n) is 5.59. The molecule has 12 heteroatoms. The lowest BCUT2D eigenvalue weighted by atomic mass is 10.1. The van der Waals surface area contributed by atoms with Crippen molar-refractivity contribution < 1.29 is 32.5 Å². The molecule has 0 aliphatic rings. The lowest BCUT2D eigenvalue weighted by Crippen LogP contribution is -2.27. The maximum Gasteiger partial charge on any atom is 0.573 e. The number of hydrazine groups is 2. The van der Waals surface area contributed by atoms with Gasteiger partial charge in [0.05, 0.1) is 15.7 Å². The van der Waals surface area contributed by atoms with Crippen LogP contribution in [0.3, 0.4) is 0 Å². The first-order valence-corrected chi connectivity index (χ1v) is 8.64. The van der Waals surface area contributed by atoms with Crippen LogP contribution in [0.1, 0.15) is 5.56 Å². The largest absolute Gasteiger partial charge is 0.573 e. The monoisotopic (exact) mass is 480 g/mol. The summed E-state index contributed by atoms with van der Waals surface area (Å²) in [4.78, 5) is 9.31. The third kappa shape index (κ3) is 8.46. The highest BCUT2D eigenvalue weighted by Gasteiger charge is 2.32. The summed E-state index contributed by atoms with van der Waals surface area (Å²) in [5, 5.41) is 11.5. The normalized spacial score (nSPS) is 10.5. The van der Waals surface area contributed by atoms with E-state index in [9.17, 15) is 23.1 Å². The number of nitrogens with zero attached hydrogens (tertiary/aromatic N) is 2. The van der Waals surface area contributed by atoms with Gasteiger partial charge in [-0.2, -0.15) is 0 Å². The molecule has 0 radical (unpaired) electrons. The van der Waals surface area contributed by atoms with E-state index in [0.29, 0.717) is 22.3 Å². The molecule has 2 rings (SSSR count). The van der Waals surface area contributed by atoms with Gasteiger partial charge in [0.25, 0.3) is 0 Å². The van der Waals surface area contributed by atoms with Gasteiger partial charge in [-0.3, -0.25) is 9.80 Å². The minimum absolute atomic E-state index is 0.0254. The van der Waals surface area contributed by atoms with Crippen molar-refractivity contribution in [1.82, 2.24) is 5.01 Å². The predicted molar refractivity (Wildman–Crippen MR) is 104 cm³/mol. The molecule has 0 saturated heterocycles. The number of phenolic OH excluding ortho intramolecular Hbond substituents is 1. The number of nitrogens with two attached hydrogens (primary N) is 2. The van der Waals surface area contributed by atoms with Gasteiger partial charge in [-0.15, -0.1) is 13.2 Å². The van der Waals surface area contributed by atoms with Crippen LogP contribution in [0.2, 0.25) is 0 Å². The van der Waals surface area contributed by atoms with E-state index in [1.54, 1.807) is 6.07 Å². The molecule has 0 aliphatic heterocycles. The zero-order valence-corrected chi connectivity index (χ0v) is 17.1. The number of hydrogen-bond donors (Lipinski definition) is 3. The second kappa shape index (κ2) is 10.7. The summed E-state index contributed by atoms with van der Waals surface area (Å²) in [5.41, 5.74) is 0.464. The molecule has 0 bridgehead atoms. The molecule has 0 saturated carbocycles. The molecule has 29 heavy (non-hydrogen) atoms. The standard InChI is InChI=1S/C15H14BrF3N2O3.C2H6N2O/c1-21(20)12-3-2-4-13(24-15(17,18)19)10(12)8-23-14-6-5-9(22)7-11(14)16;1-4(3)2-5/h2-7,22H,8,20H2,1H3;2H,3H2,1H3. The molecule has 2 aromatic rings. The molecule has 160 valence electrons. The van der Waals surface area contributed by atoms with Crippen molar-refractivity contribution in [3.8, 4) is 17.2 Å². The fourth-order valence-electron chi connectivity index (χ4n) is 2.01. The first-order valence-electron chi connectivity index (χ1n) is 7.84. The van der Waals surface area contributed by atoms with Crippen LogP contribution in [-0.2, 0) is 11.4 Å². The van der Waals surface area contributed by atoms with Crippen molar-refractivity contribution >= 4 is 28.0 Å². The summed E-state index contributed by atoms with van der Waals surface area (Å²) in [6.07, 6.45) is -4.31. The van der Waals surface area contributed by atoms with Gasteiger partial charge in [0.2, 0.25) is 6.41 Å². The maximum absolute atomic E-state index is 12.6. The Balaban J connectivity index is 0.000000749. The van der Waals surface area contributed by atoms with Crippen LogP contribution in [0.4, 0.5) is 18.9 Å². The van der Waals surface area contributed by atoms with Crippen LogP contribution < -0.4 is 26.2 Å². The molecule has 5 N–H and O–H groups in total. The number of aromatic hydroxyl groups is 1. The maximum atomic E-state index is 12.6. The van der Waals surface area contributed by atoms with Gasteiger partial charge in [0.15, 0.2) is 0 Å². The number of ether oxygens (including phenoxy) is 2. The zero-order chi connectivity index (χ0) is 22.2. The third-order valence-corrected chi connectivity index (χ3v) is 3.79. The lowest BCUT2D eigenvalue weighted by Gasteiger charge is -2.21. The lowest BCUT2D eigenvalue weighted by molar-refractivity contribution is -0.275. The fourth-order valence-corrected chi connectivity index (χ4v) is 2.49. The summed E-state index contributed by atoms with van der Waals surface area (Å²) in [6, 6.07) is 8.43. The van der Waals surface area contributed by atoms with Gasteiger partial charge < -0.3 is 19.6 Å². The fraction of sp³-hybridized carbons (Fsp3) is 0.235. The van der Waals surface area contributed by atoms with Gasteiger partial charge in [0, 0.05) is 14.1 Å². The Hall–Kier alpha value is -2.70. The zero-order valence-electron chi connectivity index (χ0n) is 15.5. The molecule has 0 atom stereocenters. The highest BCUT2D eigenvalue weighted by molar-refractivity contribution is 9.10. The van der Waals surface area contributed by atoms with Crippen molar-refractivity contribution in [2.75, 3.05) is 19.1 Å². The van der Waals surface area contributed by atoms with E-state index >= 15 is 0 Å². The molecule has 8 nitrogen and oxygen atoms in total. The Labute approximate surface area is 173 Å². The molecule has 0 unspecified atom stereocenters. The van der Waals surface area contributed by atoms with Crippen LogP contribution >= 0.6 is 15.9 Å². The van der Waals surface area contributed by atoms with Gasteiger partial charge in [-0.05, 0) is 46.3 Å². The van der Waals surface area contributed by atoms with Crippen molar-refractivity contribution in [3.63, 3.8) is 0 Å². The average molecular weight is 481 g/mol. The Morgan fingerprint density at radius 2 is 1.79 bits per heavy atom. The van der Waals surface area contributed by atoms with Gasteiger partial charge >= 0.3 is 6.36 Å². The smallest absolute Gasteiger partial charge is 0.508 e. The number of carbonyl (C=O) groups is 1. The van der Waals surface area contributed by atoms with Crippen LogP contribution in [0.25, 0.3) is 0 Å². The summed E-state index contributed by atoms with van der Waals surface area (Å²) >= 11 is 3.20. The Kier molecular flexibility index (Phi) is 9.01. The first-order chi connectivity index (χ1) is 13.4. The first kappa shape index (κ1) is 24.3. The number of alkyl halides is 3. The number of carbonyl (C=O) groups excluding carboxylic acids is 1. The number of amides is 1. The van der Waals surface area contributed by atoms with Gasteiger partial charge in [-0.1, -0.05) is 6.07 Å². The van der Waals surface area contributed by atoms with Crippen molar-refractivity contribution in [3.05, 3.63) is 46.4 Å². The van der Waals surface area contributed by atoms with E-state index in [1.165, 1.54) is 49.4 Å². The Morgan fingerprint density at radius 3 is 2.28 bits per heavy atom. The quantitative estimate of drug-likeness (QED) is 0.252.